The van der Waals surface area contributed by atoms with Crippen LogP contribution in [0.25, 0.3) is 16.8 Å². The van der Waals surface area contributed by atoms with Crippen LogP contribution in [0.2, 0.25) is 0 Å². The molecule has 144 valence electrons. The van der Waals surface area contributed by atoms with Crippen LogP contribution in [0.1, 0.15) is 12.5 Å². The van der Waals surface area contributed by atoms with Crippen LogP contribution in [0.15, 0.2) is 88.0 Å². The Hall–Kier alpha value is -3.18. The maximum absolute atomic E-state index is 13.5. The lowest BCUT2D eigenvalue weighted by atomic mass is 10.0. The molecule has 4 nitrogen and oxygen atoms in total. The van der Waals surface area contributed by atoms with Gasteiger partial charge < -0.3 is 4.74 Å². The summed E-state index contributed by atoms with van der Waals surface area (Å²) in [6.45, 7) is 1.77. The molecule has 1 heterocycles. The molecule has 0 aromatic heterocycles. The highest BCUT2D eigenvalue weighted by Gasteiger charge is 2.38. The molecule has 0 aliphatic carbocycles. The number of nitrogens with zero attached hydrogens (tertiary/aromatic N) is 1. The Morgan fingerprint density at radius 3 is 2.41 bits per heavy atom. The quantitative estimate of drug-likeness (QED) is 0.394. The van der Waals surface area contributed by atoms with Gasteiger partial charge in [0.25, 0.3) is 5.91 Å². The fraction of sp³-hybridized carbons (Fsp3) is 0.0833. The normalized spacial score (nSPS) is 15.5. The predicted octanol–water partition coefficient (Wildman–Crippen LogP) is 5.48. The van der Waals surface area contributed by atoms with E-state index in [9.17, 15) is 9.59 Å². The summed E-state index contributed by atoms with van der Waals surface area (Å²) in [7, 11) is 1.32. The number of allylic oxidation sites excluding steroid dienone is 1. The molecular weight excluding hydrogens is 430 g/mol. The summed E-state index contributed by atoms with van der Waals surface area (Å²) < 4.78 is 5.93. The van der Waals surface area contributed by atoms with Gasteiger partial charge in [0.1, 0.15) is 0 Å². The monoisotopic (exact) mass is 447 g/mol. The average Bonchev–Trinajstić information content (AvgIpc) is 2.98. The maximum Gasteiger partial charge on any atom is 0.340 e. The van der Waals surface area contributed by atoms with Gasteiger partial charge in [-0.15, -0.1) is 0 Å². The first-order valence-electron chi connectivity index (χ1n) is 9.10. The van der Waals surface area contributed by atoms with Crippen molar-refractivity contribution in [2.24, 2.45) is 0 Å². The lowest BCUT2D eigenvalue weighted by Crippen LogP contribution is -2.24. The van der Waals surface area contributed by atoms with Gasteiger partial charge >= 0.3 is 5.97 Å². The molecule has 0 fully saturated rings. The molecule has 5 heteroatoms. The van der Waals surface area contributed by atoms with Gasteiger partial charge in [-0.3, -0.25) is 9.69 Å². The number of hydrogen-bond donors (Lipinski definition) is 0. The number of carbonyl (C=O) groups is 2. The first-order valence-corrected chi connectivity index (χ1v) is 9.89. The number of esters is 1. The predicted molar refractivity (Wildman–Crippen MR) is 118 cm³/mol. The van der Waals surface area contributed by atoms with Gasteiger partial charge in [-0.2, -0.15) is 0 Å². The number of ether oxygens (including phenoxy) is 1. The highest BCUT2D eigenvalue weighted by molar-refractivity contribution is 9.10. The molecule has 0 saturated heterocycles. The van der Waals surface area contributed by atoms with Crippen molar-refractivity contribution in [3.8, 4) is 0 Å². The summed E-state index contributed by atoms with van der Waals surface area (Å²) in [5, 5.41) is 1.97. The van der Waals surface area contributed by atoms with Crippen LogP contribution >= 0.6 is 15.9 Å². The van der Waals surface area contributed by atoms with E-state index in [4.69, 9.17) is 4.74 Å². The maximum atomic E-state index is 13.5. The van der Waals surface area contributed by atoms with Crippen LogP contribution < -0.4 is 4.90 Å². The number of amides is 1. The number of fused-ring (bicyclic) bond motifs is 1. The number of carbonyl (C=O) groups excluding carboxylic acids is 2. The molecule has 1 aliphatic heterocycles. The SMILES string of the molecule is COC(=O)C1=C(C)N(c2cccc3ccccc23)C(=O)/C1=C\c1ccc(Br)cc1. The van der Waals surface area contributed by atoms with E-state index in [1.165, 1.54) is 7.11 Å². The van der Waals surface area contributed by atoms with E-state index in [2.05, 4.69) is 15.9 Å². The second-order valence-corrected chi connectivity index (χ2v) is 7.62. The fourth-order valence-electron chi connectivity index (χ4n) is 3.60. The highest BCUT2D eigenvalue weighted by atomic mass is 79.9. The minimum Gasteiger partial charge on any atom is -0.465 e. The summed E-state index contributed by atoms with van der Waals surface area (Å²) in [5.41, 5.74) is 2.73. The van der Waals surface area contributed by atoms with E-state index in [1.54, 1.807) is 17.9 Å². The molecule has 0 atom stereocenters. The Balaban J connectivity index is 1.90. The third-order valence-electron chi connectivity index (χ3n) is 4.98. The summed E-state index contributed by atoms with van der Waals surface area (Å²) >= 11 is 3.41. The number of halogens is 1. The molecule has 3 aromatic rings. The number of rotatable bonds is 3. The molecule has 0 saturated carbocycles. The molecule has 1 aliphatic rings. The second kappa shape index (κ2) is 7.68. The molecular formula is C24H18BrNO3. The van der Waals surface area contributed by atoms with Crippen molar-refractivity contribution in [3.05, 3.63) is 93.6 Å². The van der Waals surface area contributed by atoms with Gasteiger partial charge in [0.15, 0.2) is 0 Å². The number of hydrogen-bond acceptors (Lipinski definition) is 3. The Kier molecular flexibility index (Phi) is 5.07. The molecule has 1 amide bonds. The van der Waals surface area contributed by atoms with E-state index in [1.807, 2.05) is 66.7 Å². The zero-order chi connectivity index (χ0) is 20.5. The first-order chi connectivity index (χ1) is 14.0. The third kappa shape index (κ3) is 3.38. The molecule has 0 radical (unpaired) electrons. The topological polar surface area (TPSA) is 46.6 Å². The fourth-order valence-corrected chi connectivity index (χ4v) is 3.86. The van der Waals surface area contributed by atoms with Gasteiger partial charge in [-0.1, -0.05) is 64.5 Å². The Morgan fingerprint density at radius 2 is 1.69 bits per heavy atom. The van der Waals surface area contributed by atoms with Gasteiger partial charge in [0, 0.05) is 15.6 Å². The van der Waals surface area contributed by atoms with Crippen molar-refractivity contribution in [1.29, 1.82) is 0 Å². The molecule has 29 heavy (non-hydrogen) atoms. The van der Waals surface area contributed by atoms with Crippen LogP contribution in [0.4, 0.5) is 5.69 Å². The number of anilines is 1. The van der Waals surface area contributed by atoms with Gasteiger partial charge in [-0.25, -0.2) is 4.79 Å². The summed E-state index contributed by atoms with van der Waals surface area (Å²) in [6.07, 6.45) is 1.73. The van der Waals surface area contributed by atoms with E-state index in [-0.39, 0.29) is 11.5 Å². The van der Waals surface area contributed by atoms with Crippen LogP contribution in [-0.4, -0.2) is 19.0 Å². The second-order valence-electron chi connectivity index (χ2n) is 6.70. The minimum atomic E-state index is -0.526. The smallest absolute Gasteiger partial charge is 0.340 e. The van der Waals surface area contributed by atoms with Crippen molar-refractivity contribution < 1.29 is 14.3 Å². The van der Waals surface area contributed by atoms with E-state index in [0.29, 0.717) is 11.3 Å². The highest BCUT2D eigenvalue weighted by Crippen LogP contribution is 2.38. The number of methoxy groups -OCH3 is 1. The van der Waals surface area contributed by atoms with Gasteiger partial charge in [-0.05, 0) is 42.1 Å². The third-order valence-corrected chi connectivity index (χ3v) is 5.51. The molecule has 0 bridgehead atoms. The molecule has 0 spiro atoms. The van der Waals surface area contributed by atoms with Crippen LogP contribution in [0.3, 0.4) is 0 Å². The summed E-state index contributed by atoms with van der Waals surface area (Å²) in [4.78, 5) is 27.6. The Morgan fingerprint density at radius 1 is 1.00 bits per heavy atom. The largest absolute Gasteiger partial charge is 0.465 e. The molecule has 0 N–H and O–H groups in total. The van der Waals surface area contributed by atoms with Gasteiger partial charge in [0.2, 0.25) is 0 Å². The van der Waals surface area contributed by atoms with E-state index in [0.717, 1.165) is 26.5 Å². The van der Waals surface area contributed by atoms with Crippen molar-refractivity contribution in [3.63, 3.8) is 0 Å². The molecule has 4 rings (SSSR count). The number of benzene rings is 3. The van der Waals surface area contributed by atoms with Crippen molar-refractivity contribution in [1.82, 2.24) is 0 Å². The Bertz CT molecular complexity index is 1190. The average molecular weight is 448 g/mol. The van der Waals surface area contributed by atoms with Gasteiger partial charge in [0.05, 0.1) is 23.9 Å². The van der Waals surface area contributed by atoms with Crippen molar-refractivity contribution >= 4 is 50.3 Å². The summed E-state index contributed by atoms with van der Waals surface area (Å²) in [5.74, 6) is -0.774. The Labute approximate surface area is 177 Å². The van der Waals surface area contributed by atoms with E-state index < -0.39 is 5.97 Å². The molecule has 0 unspecified atom stereocenters. The van der Waals surface area contributed by atoms with Crippen LogP contribution in [0, 0.1) is 0 Å². The standard InChI is InChI=1S/C24H18BrNO3/c1-15-22(24(28)29-2)20(14-16-10-12-18(25)13-11-16)23(27)26(15)21-9-5-7-17-6-3-4-8-19(17)21/h3-14H,1-2H3/b20-14-. The minimum absolute atomic E-state index is 0.248. The lowest BCUT2D eigenvalue weighted by Gasteiger charge is -2.20. The first kappa shape index (κ1) is 19.2. The summed E-state index contributed by atoms with van der Waals surface area (Å²) in [6, 6.07) is 21.2. The van der Waals surface area contributed by atoms with Crippen LogP contribution in [-0.2, 0) is 14.3 Å². The van der Waals surface area contributed by atoms with E-state index >= 15 is 0 Å². The van der Waals surface area contributed by atoms with Crippen LogP contribution in [0.5, 0.6) is 0 Å². The zero-order valence-corrected chi connectivity index (χ0v) is 17.6. The van der Waals surface area contributed by atoms with Crippen molar-refractivity contribution in [2.75, 3.05) is 12.0 Å². The lowest BCUT2D eigenvalue weighted by molar-refractivity contribution is -0.136. The zero-order valence-electron chi connectivity index (χ0n) is 16.0. The molecule has 3 aromatic carbocycles. The van der Waals surface area contributed by atoms with Crippen molar-refractivity contribution in [2.45, 2.75) is 6.92 Å².